The predicted molar refractivity (Wildman–Crippen MR) is 142 cm³/mol. The van der Waals surface area contributed by atoms with Crippen LogP contribution in [0.5, 0.6) is 0 Å². The van der Waals surface area contributed by atoms with Gasteiger partial charge in [-0.25, -0.2) is 0 Å². The second kappa shape index (κ2) is 19.4. The molecule has 0 bridgehead atoms. The van der Waals surface area contributed by atoms with Gasteiger partial charge in [-0.2, -0.15) is 0 Å². The molecular weight excluding hydrogens is 663 g/mol. The van der Waals surface area contributed by atoms with E-state index in [4.69, 9.17) is 0 Å². The number of pyridine rings is 6. The molecule has 0 N–H and O–H groups in total. The van der Waals surface area contributed by atoms with Gasteiger partial charge in [0.25, 0.3) is 0 Å². The number of aromatic nitrogens is 6. The van der Waals surface area contributed by atoms with Crippen molar-refractivity contribution in [3.8, 4) is 34.2 Å². The summed E-state index contributed by atoms with van der Waals surface area (Å²) in [4.78, 5) is 25.1. The van der Waals surface area contributed by atoms with Crippen molar-refractivity contribution in [2.24, 2.45) is 0 Å². The van der Waals surface area contributed by atoms with E-state index in [0.717, 1.165) is 34.2 Å². The molecular formula is C30H24Br2N6Ni. The molecule has 39 heavy (non-hydrogen) atoms. The van der Waals surface area contributed by atoms with E-state index in [-0.39, 0.29) is 50.5 Å². The molecule has 0 unspecified atom stereocenters. The fourth-order valence-electron chi connectivity index (χ4n) is 3.09. The van der Waals surface area contributed by atoms with Crippen LogP contribution in [-0.2, 0) is 16.5 Å². The normalized spacial score (nSPS) is 8.92. The number of nitrogens with zero attached hydrogens (tertiary/aromatic N) is 6. The molecule has 0 aromatic carbocycles. The minimum absolute atomic E-state index is 0. The summed E-state index contributed by atoms with van der Waals surface area (Å²) in [6.07, 6.45) is 10.6. The second-order valence-electron chi connectivity index (χ2n) is 7.29. The third-order valence-electron chi connectivity index (χ3n) is 4.78. The van der Waals surface area contributed by atoms with E-state index in [1.165, 1.54) is 0 Å². The van der Waals surface area contributed by atoms with Gasteiger partial charge in [-0.1, -0.05) is 36.4 Å². The SMILES string of the molecule is [Br-].[Br-].[Ni+2].c1ccc(-c2ccccn2)nc1.c1ccc(-c2ccccn2)nc1.c1ccc(-c2ccccn2)nc1. The molecule has 0 saturated carbocycles. The van der Waals surface area contributed by atoms with Crippen molar-refractivity contribution in [2.75, 3.05) is 0 Å². The van der Waals surface area contributed by atoms with Gasteiger partial charge in [0.05, 0.1) is 34.2 Å². The molecule has 6 aromatic rings. The number of rotatable bonds is 3. The Morgan fingerprint density at radius 3 is 0.513 bits per heavy atom. The molecule has 9 heteroatoms. The Hall–Kier alpha value is -3.65. The maximum absolute atomic E-state index is 4.19. The van der Waals surface area contributed by atoms with Crippen LogP contribution in [0.1, 0.15) is 0 Å². The van der Waals surface area contributed by atoms with Crippen LogP contribution in [-0.4, -0.2) is 29.9 Å². The van der Waals surface area contributed by atoms with Crippen LogP contribution in [0.25, 0.3) is 34.2 Å². The summed E-state index contributed by atoms with van der Waals surface area (Å²) in [7, 11) is 0. The Bertz CT molecular complexity index is 1110. The standard InChI is InChI=1S/3C10H8N2.2BrH.Ni/c3*1-3-7-11-9(5-1)10-6-2-4-8-12-10;;;/h3*1-8H;2*1H;/q;;;;;+2/p-2. The fourth-order valence-corrected chi connectivity index (χ4v) is 3.09. The first-order chi connectivity index (χ1) is 17.9. The molecule has 0 fully saturated rings. The average Bonchev–Trinajstić information content (AvgIpc) is 3.01. The molecule has 6 aromatic heterocycles. The van der Waals surface area contributed by atoms with Gasteiger partial charge in [-0.05, 0) is 72.8 Å². The van der Waals surface area contributed by atoms with Crippen molar-refractivity contribution >= 4 is 0 Å². The first-order valence-corrected chi connectivity index (χ1v) is 11.4. The van der Waals surface area contributed by atoms with Gasteiger partial charge in [0, 0.05) is 37.2 Å². The van der Waals surface area contributed by atoms with Crippen LogP contribution in [0.4, 0.5) is 0 Å². The van der Waals surface area contributed by atoms with E-state index in [2.05, 4.69) is 29.9 Å². The summed E-state index contributed by atoms with van der Waals surface area (Å²) in [6.45, 7) is 0. The molecule has 0 aliphatic carbocycles. The summed E-state index contributed by atoms with van der Waals surface area (Å²) >= 11 is 0. The van der Waals surface area contributed by atoms with E-state index in [1.54, 1.807) is 37.2 Å². The second-order valence-corrected chi connectivity index (χ2v) is 7.29. The number of hydrogen-bond acceptors (Lipinski definition) is 6. The van der Waals surface area contributed by atoms with E-state index < -0.39 is 0 Å². The van der Waals surface area contributed by atoms with Crippen LogP contribution in [0.2, 0.25) is 0 Å². The Kier molecular flexibility index (Phi) is 16.6. The van der Waals surface area contributed by atoms with Gasteiger partial charge in [0.2, 0.25) is 0 Å². The Labute approximate surface area is 259 Å². The van der Waals surface area contributed by atoms with Crippen LogP contribution in [0.15, 0.2) is 146 Å². The van der Waals surface area contributed by atoms with Crippen molar-refractivity contribution in [2.45, 2.75) is 0 Å². The van der Waals surface area contributed by atoms with E-state index in [9.17, 15) is 0 Å². The summed E-state index contributed by atoms with van der Waals surface area (Å²) in [5.74, 6) is 0. The molecule has 6 rings (SSSR count). The first kappa shape index (κ1) is 33.4. The zero-order valence-corrected chi connectivity index (χ0v) is 24.8. The third-order valence-corrected chi connectivity index (χ3v) is 4.78. The van der Waals surface area contributed by atoms with E-state index in [0.29, 0.717) is 0 Å². The average molecular weight is 687 g/mol. The van der Waals surface area contributed by atoms with Gasteiger partial charge in [-0.3, -0.25) is 29.9 Å². The van der Waals surface area contributed by atoms with E-state index >= 15 is 0 Å². The Morgan fingerprint density at radius 1 is 0.256 bits per heavy atom. The molecule has 0 spiro atoms. The van der Waals surface area contributed by atoms with Crippen molar-refractivity contribution in [3.63, 3.8) is 0 Å². The predicted octanol–water partition coefficient (Wildman–Crippen LogP) is 0.436. The summed E-state index contributed by atoms with van der Waals surface area (Å²) < 4.78 is 0. The number of halogens is 2. The van der Waals surface area contributed by atoms with Crippen molar-refractivity contribution in [1.29, 1.82) is 0 Å². The molecule has 0 saturated heterocycles. The van der Waals surface area contributed by atoms with Crippen LogP contribution >= 0.6 is 0 Å². The van der Waals surface area contributed by atoms with Gasteiger partial charge in [-0.15, -0.1) is 0 Å². The maximum Gasteiger partial charge on any atom is 2.00 e. The molecule has 0 radical (unpaired) electrons. The largest absolute Gasteiger partial charge is 2.00 e. The summed E-state index contributed by atoms with van der Waals surface area (Å²) in [5, 5.41) is 0. The monoisotopic (exact) mass is 684 g/mol. The maximum atomic E-state index is 4.19. The smallest absolute Gasteiger partial charge is 1.00 e. The van der Waals surface area contributed by atoms with Crippen molar-refractivity contribution in [1.82, 2.24) is 29.9 Å². The number of hydrogen-bond donors (Lipinski definition) is 0. The van der Waals surface area contributed by atoms with E-state index in [1.807, 2.05) is 109 Å². The van der Waals surface area contributed by atoms with Crippen LogP contribution in [0, 0.1) is 0 Å². The zero-order valence-electron chi connectivity index (χ0n) is 20.6. The Morgan fingerprint density at radius 2 is 0.410 bits per heavy atom. The zero-order chi connectivity index (χ0) is 24.7. The fraction of sp³-hybridized carbons (Fsp3) is 0. The van der Waals surface area contributed by atoms with Crippen molar-refractivity contribution in [3.05, 3.63) is 146 Å². The summed E-state index contributed by atoms with van der Waals surface area (Å²) in [6, 6.07) is 34.8. The molecule has 198 valence electrons. The third kappa shape index (κ3) is 11.3. The van der Waals surface area contributed by atoms with Gasteiger partial charge in [0.15, 0.2) is 0 Å². The van der Waals surface area contributed by atoms with Gasteiger partial charge in [0.1, 0.15) is 0 Å². The van der Waals surface area contributed by atoms with Crippen molar-refractivity contribution < 1.29 is 50.5 Å². The minimum Gasteiger partial charge on any atom is -1.00 e. The quantitative estimate of drug-likeness (QED) is 0.252. The van der Waals surface area contributed by atoms with Crippen LogP contribution in [0.3, 0.4) is 0 Å². The van der Waals surface area contributed by atoms with Gasteiger partial charge >= 0.3 is 16.5 Å². The molecule has 0 amide bonds. The molecule has 0 aliphatic rings. The first-order valence-electron chi connectivity index (χ1n) is 11.4. The molecule has 6 nitrogen and oxygen atoms in total. The van der Waals surface area contributed by atoms with Gasteiger partial charge < -0.3 is 34.0 Å². The Balaban J connectivity index is 0.000000282. The summed E-state index contributed by atoms with van der Waals surface area (Å²) in [5.41, 5.74) is 5.49. The molecule has 6 heterocycles. The topological polar surface area (TPSA) is 77.3 Å². The van der Waals surface area contributed by atoms with Crippen LogP contribution < -0.4 is 34.0 Å². The molecule has 0 aliphatic heterocycles. The molecule has 0 atom stereocenters. The minimum atomic E-state index is 0.